The van der Waals surface area contributed by atoms with E-state index in [0.717, 1.165) is 37.4 Å². The maximum Gasteiger partial charge on any atom is 0.237 e. The molecule has 0 spiro atoms. The van der Waals surface area contributed by atoms with Crippen LogP contribution in [0.15, 0.2) is 12.4 Å². The number of carbonyl (C=O) groups is 1. The second-order valence-corrected chi connectivity index (χ2v) is 5.77. The Labute approximate surface area is 138 Å². The van der Waals surface area contributed by atoms with Gasteiger partial charge in [0.15, 0.2) is 0 Å². The van der Waals surface area contributed by atoms with Gasteiger partial charge in [0.1, 0.15) is 0 Å². The molecule has 0 bridgehead atoms. The van der Waals surface area contributed by atoms with E-state index in [1.165, 1.54) is 12.8 Å². The Morgan fingerprint density at radius 3 is 2.76 bits per heavy atom. The summed E-state index contributed by atoms with van der Waals surface area (Å²) in [4.78, 5) is 14.3. The number of hydrogen-bond donors (Lipinski definition) is 1. The molecule has 1 unspecified atom stereocenters. The summed E-state index contributed by atoms with van der Waals surface area (Å²) in [6, 6.07) is 0.226. The van der Waals surface area contributed by atoms with E-state index in [9.17, 15) is 4.79 Å². The molecule has 1 aliphatic carbocycles. The van der Waals surface area contributed by atoms with Crippen LogP contribution in [0, 0.1) is 5.92 Å². The van der Waals surface area contributed by atoms with E-state index in [2.05, 4.69) is 10.4 Å². The molecule has 1 amide bonds. The first-order chi connectivity index (χ1) is 9.24. The van der Waals surface area contributed by atoms with Crippen LogP contribution in [0.2, 0.25) is 0 Å². The highest BCUT2D eigenvalue weighted by atomic mass is 35.5. The van der Waals surface area contributed by atoms with Gasteiger partial charge in [-0.25, -0.2) is 0 Å². The van der Waals surface area contributed by atoms with Crippen LogP contribution >= 0.6 is 24.8 Å². The zero-order valence-electron chi connectivity index (χ0n) is 12.3. The van der Waals surface area contributed by atoms with E-state index < -0.39 is 0 Å². The van der Waals surface area contributed by atoms with Crippen molar-refractivity contribution in [3.05, 3.63) is 18.0 Å². The molecule has 2 heterocycles. The molecule has 1 saturated carbocycles. The van der Waals surface area contributed by atoms with Crippen LogP contribution in [0.4, 0.5) is 0 Å². The summed E-state index contributed by atoms with van der Waals surface area (Å²) in [5.74, 6) is 1.05. The Bertz CT molecular complexity index is 462. The zero-order valence-corrected chi connectivity index (χ0v) is 14.0. The minimum atomic E-state index is 0. The molecule has 1 aromatic rings. The predicted molar refractivity (Wildman–Crippen MR) is 87.0 cm³/mol. The highest BCUT2D eigenvalue weighted by Crippen LogP contribution is 2.31. The lowest BCUT2D eigenvalue weighted by Crippen LogP contribution is -2.38. The lowest BCUT2D eigenvalue weighted by Gasteiger charge is -2.24. The van der Waals surface area contributed by atoms with Crippen molar-refractivity contribution >= 4 is 30.7 Å². The summed E-state index contributed by atoms with van der Waals surface area (Å²) >= 11 is 0. The highest BCUT2D eigenvalue weighted by molar-refractivity contribution is 5.85. The fourth-order valence-corrected chi connectivity index (χ4v) is 2.83. The van der Waals surface area contributed by atoms with Gasteiger partial charge in [-0.2, -0.15) is 5.10 Å². The lowest BCUT2D eigenvalue weighted by molar-refractivity contribution is -0.131. The Hall–Kier alpha value is -0.780. The van der Waals surface area contributed by atoms with Gasteiger partial charge in [0.05, 0.1) is 18.8 Å². The molecule has 21 heavy (non-hydrogen) atoms. The van der Waals surface area contributed by atoms with Crippen molar-refractivity contribution in [2.45, 2.75) is 31.7 Å². The standard InChI is InChI=1S/C14H22N4O.2ClH/c1-17-10-12(8-16-17)13-3-2-6-18(13)14(19)9-15-7-11-4-5-11;;/h8,10-11,13,15H,2-7,9H2,1H3;2*1H. The minimum Gasteiger partial charge on any atom is -0.334 e. The van der Waals surface area contributed by atoms with Crippen molar-refractivity contribution in [2.24, 2.45) is 13.0 Å². The molecule has 7 heteroatoms. The summed E-state index contributed by atoms with van der Waals surface area (Å²) in [7, 11) is 1.92. The number of amides is 1. The van der Waals surface area contributed by atoms with Crippen LogP contribution in [0.1, 0.15) is 37.3 Å². The molecule has 2 fully saturated rings. The molecule has 1 atom stereocenters. The van der Waals surface area contributed by atoms with Gasteiger partial charge in [0.2, 0.25) is 5.91 Å². The van der Waals surface area contributed by atoms with E-state index in [-0.39, 0.29) is 36.8 Å². The van der Waals surface area contributed by atoms with Crippen molar-refractivity contribution in [1.82, 2.24) is 20.0 Å². The van der Waals surface area contributed by atoms with Gasteiger partial charge < -0.3 is 10.2 Å². The van der Waals surface area contributed by atoms with E-state index >= 15 is 0 Å². The molecule has 120 valence electrons. The summed E-state index contributed by atoms with van der Waals surface area (Å²) in [6.45, 7) is 2.36. The quantitative estimate of drug-likeness (QED) is 0.895. The molecule has 3 rings (SSSR count). The van der Waals surface area contributed by atoms with Gasteiger partial charge in [0, 0.05) is 25.4 Å². The van der Waals surface area contributed by atoms with Crippen LogP contribution in [0.25, 0.3) is 0 Å². The molecule has 1 aromatic heterocycles. The summed E-state index contributed by atoms with van der Waals surface area (Å²) in [6.07, 6.45) is 8.70. The molecule has 0 aromatic carbocycles. The van der Waals surface area contributed by atoms with Crippen molar-refractivity contribution in [2.75, 3.05) is 19.6 Å². The van der Waals surface area contributed by atoms with Crippen molar-refractivity contribution in [3.8, 4) is 0 Å². The topological polar surface area (TPSA) is 50.2 Å². The van der Waals surface area contributed by atoms with E-state index in [1.807, 2.05) is 29.0 Å². The first-order valence-corrected chi connectivity index (χ1v) is 7.23. The van der Waals surface area contributed by atoms with Gasteiger partial charge in [-0.05, 0) is 38.1 Å². The number of aromatic nitrogens is 2. The molecular weight excluding hydrogens is 311 g/mol. The van der Waals surface area contributed by atoms with Crippen LogP contribution in [0.3, 0.4) is 0 Å². The van der Waals surface area contributed by atoms with Gasteiger partial charge >= 0.3 is 0 Å². The maximum absolute atomic E-state index is 12.3. The van der Waals surface area contributed by atoms with Crippen LogP contribution in [-0.2, 0) is 11.8 Å². The molecule has 5 nitrogen and oxygen atoms in total. The number of nitrogens with zero attached hydrogens (tertiary/aromatic N) is 3. The first-order valence-electron chi connectivity index (χ1n) is 7.23. The third-order valence-electron chi connectivity index (χ3n) is 4.09. The Balaban J connectivity index is 0.00000110. The van der Waals surface area contributed by atoms with E-state index in [0.29, 0.717) is 6.54 Å². The molecular formula is C14H24Cl2N4O. The molecule has 1 N–H and O–H groups in total. The fraction of sp³-hybridized carbons (Fsp3) is 0.714. The number of rotatable bonds is 5. The molecule has 0 radical (unpaired) electrons. The number of likely N-dealkylation sites (tertiary alicyclic amines) is 1. The Morgan fingerprint density at radius 1 is 1.38 bits per heavy atom. The zero-order chi connectivity index (χ0) is 13.2. The number of nitrogens with one attached hydrogen (secondary N) is 1. The minimum absolute atomic E-state index is 0. The number of aryl methyl sites for hydroxylation is 1. The van der Waals surface area contributed by atoms with Crippen LogP contribution in [-0.4, -0.2) is 40.2 Å². The van der Waals surface area contributed by atoms with Crippen molar-refractivity contribution < 1.29 is 4.79 Å². The average molecular weight is 335 g/mol. The van der Waals surface area contributed by atoms with Crippen molar-refractivity contribution in [3.63, 3.8) is 0 Å². The fourth-order valence-electron chi connectivity index (χ4n) is 2.83. The summed E-state index contributed by atoms with van der Waals surface area (Å²) < 4.78 is 1.81. The van der Waals surface area contributed by atoms with E-state index in [4.69, 9.17) is 0 Å². The van der Waals surface area contributed by atoms with Gasteiger partial charge in [-0.3, -0.25) is 9.48 Å². The first kappa shape index (κ1) is 18.3. The number of halogens is 2. The Morgan fingerprint density at radius 2 is 2.14 bits per heavy atom. The van der Waals surface area contributed by atoms with E-state index in [1.54, 1.807) is 0 Å². The monoisotopic (exact) mass is 334 g/mol. The van der Waals surface area contributed by atoms with Gasteiger partial charge in [-0.1, -0.05) is 0 Å². The number of hydrogen-bond acceptors (Lipinski definition) is 3. The van der Waals surface area contributed by atoms with Crippen LogP contribution < -0.4 is 5.32 Å². The molecule has 2 aliphatic rings. The third kappa shape index (κ3) is 4.59. The normalized spacial score (nSPS) is 20.8. The van der Waals surface area contributed by atoms with Gasteiger partial charge in [-0.15, -0.1) is 24.8 Å². The predicted octanol–water partition coefficient (Wildman–Crippen LogP) is 1.93. The second kappa shape index (κ2) is 8.01. The smallest absolute Gasteiger partial charge is 0.237 e. The molecule has 1 aliphatic heterocycles. The summed E-state index contributed by atoms with van der Waals surface area (Å²) in [5, 5.41) is 7.50. The maximum atomic E-state index is 12.3. The Kier molecular flexibility index (Phi) is 6.97. The molecule has 1 saturated heterocycles. The SMILES string of the molecule is Cl.Cl.Cn1cc(C2CCCN2C(=O)CNCC2CC2)cn1. The number of carbonyl (C=O) groups excluding carboxylic acids is 1. The second-order valence-electron chi connectivity index (χ2n) is 5.77. The van der Waals surface area contributed by atoms with Gasteiger partial charge in [0.25, 0.3) is 0 Å². The average Bonchev–Trinajstić information content (AvgIpc) is 2.91. The third-order valence-corrected chi connectivity index (χ3v) is 4.09. The lowest BCUT2D eigenvalue weighted by atomic mass is 10.1. The van der Waals surface area contributed by atoms with Crippen LogP contribution in [0.5, 0.6) is 0 Å². The summed E-state index contributed by atoms with van der Waals surface area (Å²) in [5.41, 5.74) is 1.16. The highest BCUT2D eigenvalue weighted by Gasteiger charge is 2.30. The largest absolute Gasteiger partial charge is 0.334 e. The van der Waals surface area contributed by atoms with Crippen molar-refractivity contribution in [1.29, 1.82) is 0 Å².